The van der Waals surface area contributed by atoms with Gasteiger partial charge in [0.2, 0.25) is 0 Å². The highest BCUT2D eigenvalue weighted by Gasteiger charge is 2.40. The molecule has 2 N–H and O–H groups in total. The Morgan fingerprint density at radius 3 is 2.38 bits per heavy atom. The Morgan fingerprint density at radius 2 is 2.25 bits per heavy atom. The molecule has 0 aliphatic heterocycles. The van der Waals surface area contributed by atoms with Crippen LogP contribution >= 0.6 is 0 Å². The quantitative estimate of drug-likeness (QED) is 0.558. The summed E-state index contributed by atoms with van der Waals surface area (Å²) in [6.45, 7) is 2.94. The lowest BCUT2D eigenvalue weighted by Crippen LogP contribution is -2.12. The second-order valence-corrected chi connectivity index (χ2v) is 2.66. The Labute approximate surface area is 50.0 Å². The lowest BCUT2D eigenvalue weighted by molar-refractivity contribution is 0.0901. The van der Waals surface area contributed by atoms with E-state index in [1.54, 1.807) is 0 Å². The molecular weight excluding hydrogens is 102 g/mol. The maximum atomic E-state index is 4.93. The van der Waals surface area contributed by atoms with E-state index in [0.717, 1.165) is 6.61 Å². The monoisotopic (exact) mass is 115 g/mol. The van der Waals surface area contributed by atoms with E-state index >= 15 is 0 Å². The van der Waals surface area contributed by atoms with Gasteiger partial charge in [-0.15, -0.1) is 0 Å². The Morgan fingerprint density at radius 1 is 1.62 bits per heavy atom. The van der Waals surface area contributed by atoms with Crippen molar-refractivity contribution in [2.24, 2.45) is 11.3 Å². The lowest BCUT2D eigenvalue weighted by atomic mass is 10.1. The summed E-state index contributed by atoms with van der Waals surface area (Å²) in [6.07, 6.45) is 3.82. The molecule has 8 heavy (non-hydrogen) atoms. The molecule has 0 aromatic heterocycles. The minimum Gasteiger partial charge on any atom is -0.304 e. The van der Waals surface area contributed by atoms with Gasteiger partial charge in [-0.3, -0.25) is 0 Å². The molecule has 1 saturated carbocycles. The van der Waals surface area contributed by atoms with Gasteiger partial charge >= 0.3 is 0 Å². The fourth-order valence-electron chi connectivity index (χ4n) is 0.954. The maximum absolute atomic E-state index is 4.93. The molecular formula is C6H13NO. The van der Waals surface area contributed by atoms with Gasteiger partial charge in [0.15, 0.2) is 0 Å². The molecule has 1 rings (SSSR count). The SMILES string of the molecule is CCC1(CON)CC1. The second-order valence-electron chi connectivity index (χ2n) is 2.66. The van der Waals surface area contributed by atoms with Crippen LogP contribution in [0.4, 0.5) is 0 Å². The standard InChI is InChI=1S/C6H13NO/c1-2-6(3-4-6)5-8-7/h2-5,7H2,1H3. The molecule has 1 aliphatic rings. The summed E-state index contributed by atoms with van der Waals surface area (Å²) in [7, 11) is 0. The van der Waals surface area contributed by atoms with Gasteiger partial charge < -0.3 is 4.84 Å². The number of hydrogen-bond donors (Lipinski definition) is 1. The van der Waals surface area contributed by atoms with Crippen molar-refractivity contribution in [3.8, 4) is 0 Å². The molecule has 2 heteroatoms. The minimum absolute atomic E-state index is 0.495. The molecule has 0 bridgehead atoms. The van der Waals surface area contributed by atoms with Crippen LogP contribution in [-0.2, 0) is 4.84 Å². The summed E-state index contributed by atoms with van der Waals surface area (Å²) in [6, 6.07) is 0. The van der Waals surface area contributed by atoms with Crippen LogP contribution in [0, 0.1) is 5.41 Å². The van der Waals surface area contributed by atoms with Crippen molar-refractivity contribution in [3.05, 3.63) is 0 Å². The predicted molar refractivity (Wildman–Crippen MR) is 32.1 cm³/mol. The van der Waals surface area contributed by atoms with Crippen LogP contribution in [0.5, 0.6) is 0 Å². The largest absolute Gasteiger partial charge is 0.304 e. The molecule has 2 nitrogen and oxygen atoms in total. The van der Waals surface area contributed by atoms with Crippen LogP contribution in [-0.4, -0.2) is 6.61 Å². The molecule has 1 aliphatic carbocycles. The zero-order valence-corrected chi connectivity index (χ0v) is 5.31. The molecule has 0 aromatic rings. The van der Waals surface area contributed by atoms with Gasteiger partial charge in [-0.25, -0.2) is 5.90 Å². The Kier molecular flexibility index (Phi) is 1.54. The van der Waals surface area contributed by atoms with Crippen molar-refractivity contribution >= 4 is 0 Å². The summed E-state index contributed by atoms with van der Waals surface area (Å²) < 4.78 is 0. The van der Waals surface area contributed by atoms with Crippen molar-refractivity contribution < 1.29 is 4.84 Å². The zero-order chi connectivity index (χ0) is 6.04. The first-order valence-corrected chi connectivity index (χ1v) is 3.15. The van der Waals surface area contributed by atoms with Crippen molar-refractivity contribution in [1.82, 2.24) is 0 Å². The van der Waals surface area contributed by atoms with Crippen LogP contribution in [0.1, 0.15) is 26.2 Å². The van der Waals surface area contributed by atoms with E-state index < -0.39 is 0 Å². The van der Waals surface area contributed by atoms with Crippen LogP contribution < -0.4 is 5.90 Å². The van der Waals surface area contributed by atoms with Crippen LogP contribution in [0.25, 0.3) is 0 Å². The zero-order valence-electron chi connectivity index (χ0n) is 5.31. The summed E-state index contributed by atoms with van der Waals surface area (Å²) in [5, 5.41) is 0. The average molecular weight is 115 g/mol. The number of rotatable bonds is 3. The summed E-state index contributed by atoms with van der Waals surface area (Å²) >= 11 is 0. The summed E-state index contributed by atoms with van der Waals surface area (Å²) in [4.78, 5) is 4.56. The van der Waals surface area contributed by atoms with Crippen LogP contribution in [0.15, 0.2) is 0 Å². The average Bonchev–Trinajstić information content (AvgIpc) is 2.50. The number of nitrogens with two attached hydrogens (primary N) is 1. The van der Waals surface area contributed by atoms with Gasteiger partial charge in [-0.2, -0.15) is 0 Å². The molecule has 0 atom stereocenters. The highest BCUT2D eigenvalue weighted by molar-refractivity contribution is 4.91. The van der Waals surface area contributed by atoms with Gasteiger partial charge in [0.1, 0.15) is 0 Å². The van der Waals surface area contributed by atoms with Gasteiger partial charge in [0, 0.05) is 0 Å². The van der Waals surface area contributed by atoms with Gasteiger partial charge in [-0.05, 0) is 24.7 Å². The second kappa shape index (κ2) is 2.03. The fraction of sp³-hybridized carbons (Fsp3) is 1.00. The minimum atomic E-state index is 0.495. The fourth-order valence-corrected chi connectivity index (χ4v) is 0.954. The summed E-state index contributed by atoms with van der Waals surface area (Å²) in [5.74, 6) is 4.93. The highest BCUT2D eigenvalue weighted by Crippen LogP contribution is 2.48. The van der Waals surface area contributed by atoms with Crippen LogP contribution in [0.2, 0.25) is 0 Å². The van der Waals surface area contributed by atoms with Crippen molar-refractivity contribution in [1.29, 1.82) is 0 Å². The third-order valence-corrected chi connectivity index (χ3v) is 2.10. The first-order chi connectivity index (χ1) is 3.83. The summed E-state index contributed by atoms with van der Waals surface area (Å²) in [5.41, 5.74) is 0.495. The van der Waals surface area contributed by atoms with Gasteiger partial charge in [0.25, 0.3) is 0 Å². The first kappa shape index (κ1) is 6.05. The predicted octanol–water partition coefficient (Wildman–Crippen LogP) is 1.07. The highest BCUT2D eigenvalue weighted by atomic mass is 16.6. The molecule has 0 saturated heterocycles. The van der Waals surface area contributed by atoms with E-state index in [1.165, 1.54) is 19.3 Å². The molecule has 1 fully saturated rings. The molecule has 0 aromatic carbocycles. The molecule has 0 heterocycles. The topological polar surface area (TPSA) is 35.2 Å². The van der Waals surface area contributed by atoms with E-state index in [9.17, 15) is 0 Å². The van der Waals surface area contributed by atoms with Crippen molar-refractivity contribution in [2.75, 3.05) is 6.61 Å². The molecule has 0 spiro atoms. The number of hydrogen-bond acceptors (Lipinski definition) is 2. The van der Waals surface area contributed by atoms with Gasteiger partial charge in [0.05, 0.1) is 6.61 Å². The molecule has 0 unspecified atom stereocenters. The molecule has 48 valence electrons. The molecule has 0 radical (unpaired) electrons. The van der Waals surface area contributed by atoms with E-state index in [4.69, 9.17) is 5.90 Å². The smallest absolute Gasteiger partial charge is 0.0735 e. The van der Waals surface area contributed by atoms with Gasteiger partial charge in [-0.1, -0.05) is 6.92 Å². The molecule has 0 amide bonds. The maximum Gasteiger partial charge on any atom is 0.0735 e. The normalized spacial score (nSPS) is 23.2. The Bertz CT molecular complexity index is 78.6. The van der Waals surface area contributed by atoms with E-state index in [-0.39, 0.29) is 0 Å². The Hall–Kier alpha value is -0.0800. The third-order valence-electron chi connectivity index (χ3n) is 2.10. The van der Waals surface area contributed by atoms with E-state index in [0.29, 0.717) is 5.41 Å². The van der Waals surface area contributed by atoms with Crippen molar-refractivity contribution in [2.45, 2.75) is 26.2 Å². The van der Waals surface area contributed by atoms with Crippen molar-refractivity contribution in [3.63, 3.8) is 0 Å². The van der Waals surface area contributed by atoms with Crippen LogP contribution in [0.3, 0.4) is 0 Å². The lowest BCUT2D eigenvalue weighted by Gasteiger charge is -2.07. The third kappa shape index (κ3) is 1.01. The van der Waals surface area contributed by atoms with E-state index in [1.807, 2.05) is 0 Å². The first-order valence-electron chi connectivity index (χ1n) is 3.15. The Balaban J connectivity index is 2.20. The van der Waals surface area contributed by atoms with E-state index in [2.05, 4.69) is 11.8 Å².